The molecule has 0 aliphatic rings. The summed E-state index contributed by atoms with van der Waals surface area (Å²) >= 11 is 0. The van der Waals surface area contributed by atoms with Crippen molar-refractivity contribution >= 4 is 22.1 Å². The van der Waals surface area contributed by atoms with Crippen molar-refractivity contribution in [2.24, 2.45) is 0 Å². The second-order valence-corrected chi connectivity index (χ2v) is 4.23. The fourth-order valence-corrected chi connectivity index (χ4v) is 2.13. The Kier molecular flexibility index (Phi) is 1.97. The third-order valence-corrected chi connectivity index (χ3v) is 3.07. The van der Waals surface area contributed by atoms with E-state index in [0.717, 1.165) is 0 Å². The summed E-state index contributed by atoms with van der Waals surface area (Å²) in [5.41, 5.74) is 1.74. The third kappa shape index (κ3) is 1.30. The molecule has 0 saturated carbocycles. The maximum atomic E-state index is 12.3. The van der Waals surface area contributed by atoms with E-state index in [1.807, 2.05) is 6.07 Å². The van der Waals surface area contributed by atoms with Crippen molar-refractivity contribution in [3.63, 3.8) is 0 Å². The van der Waals surface area contributed by atoms with Gasteiger partial charge in [0.2, 0.25) is 11.0 Å². The molecule has 2 heterocycles. The predicted octanol–water partition coefficient (Wildman–Crippen LogP) is 0.433. The van der Waals surface area contributed by atoms with Crippen molar-refractivity contribution in [2.45, 2.75) is 0 Å². The Bertz CT molecular complexity index is 928. The lowest BCUT2D eigenvalue weighted by Gasteiger charge is -2.02. The van der Waals surface area contributed by atoms with Crippen LogP contribution in [0.4, 0.5) is 0 Å². The summed E-state index contributed by atoms with van der Waals surface area (Å²) in [6.45, 7) is 0. The fraction of sp³-hybridized carbons (Fsp3) is 0. The predicted molar refractivity (Wildman–Crippen MR) is 66.6 cm³/mol. The number of para-hydroxylation sites is 1. The summed E-state index contributed by atoms with van der Waals surface area (Å²) in [6, 6.07) is 12.0. The quantitative estimate of drug-likeness (QED) is 0.368. The zero-order valence-corrected chi connectivity index (χ0v) is 10.0. The summed E-state index contributed by atoms with van der Waals surface area (Å²) in [5, 5.41) is 31.5. The smallest absolute Gasteiger partial charge is 0.307 e. The lowest BCUT2D eigenvalue weighted by molar-refractivity contribution is -0.782. The van der Waals surface area contributed by atoms with E-state index >= 15 is 0 Å². The molecule has 0 bridgehead atoms. The van der Waals surface area contributed by atoms with Crippen molar-refractivity contribution in [1.82, 2.24) is 15.1 Å². The highest BCUT2D eigenvalue weighted by molar-refractivity contribution is 5.96. The van der Waals surface area contributed by atoms with E-state index < -0.39 is 0 Å². The first kappa shape index (κ1) is 10.7. The highest BCUT2D eigenvalue weighted by atomic mass is 16.8. The summed E-state index contributed by atoms with van der Waals surface area (Å²) in [6.07, 6.45) is 0. The maximum Gasteiger partial charge on any atom is 0.307 e. The molecule has 0 saturated heterocycles. The topological polar surface area (TPSA) is 97.7 Å². The minimum Gasteiger partial charge on any atom is -0.692 e. The molecule has 0 N–H and O–H groups in total. The average molecular weight is 269 g/mol. The summed E-state index contributed by atoms with van der Waals surface area (Å²) in [5.74, 6) is 0. The third-order valence-electron chi connectivity index (χ3n) is 3.07. The Morgan fingerprint density at radius 1 is 0.950 bits per heavy atom. The molecule has 4 aromatic rings. The minimum atomic E-state index is 0.232. The maximum absolute atomic E-state index is 12.3. The monoisotopic (exact) mass is 269 g/mol. The van der Waals surface area contributed by atoms with Crippen molar-refractivity contribution in [3.8, 4) is 5.69 Å². The summed E-state index contributed by atoms with van der Waals surface area (Å²) in [4.78, 5) is 2.13. The largest absolute Gasteiger partial charge is 0.692 e. The lowest BCUT2D eigenvalue weighted by atomic mass is 10.3. The normalized spacial score (nSPS) is 11.4. The van der Waals surface area contributed by atoms with Gasteiger partial charge in [-0.05, 0) is 34.0 Å². The van der Waals surface area contributed by atoms with Crippen LogP contribution in [0, 0.1) is 10.4 Å². The Balaban J connectivity index is 2.10. The van der Waals surface area contributed by atoms with Crippen LogP contribution in [0.3, 0.4) is 0 Å². The van der Waals surface area contributed by atoms with Gasteiger partial charge < -0.3 is 10.4 Å². The first-order valence-corrected chi connectivity index (χ1v) is 5.82. The second-order valence-electron chi connectivity index (χ2n) is 4.23. The fourth-order valence-electron chi connectivity index (χ4n) is 2.13. The Morgan fingerprint density at radius 3 is 2.50 bits per heavy atom. The van der Waals surface area contributed by atoms with Crippen LogP contribution in [0.25, 0.3) is 27.8 Å². The molecule has 4 rings (SSSR count). The molecule has 0 amide bonds. The van der Waals surface area contributed by atoms with Gasteiger partial charge in [-0.1, -0.05) is 18.2 Å². The van der Waals surface area contributed by atoms with Crippen LogP contribution in [0.1, 0.15) is 0 Å². The first-order chi connectivity index (χ1) is 9.75. The number of aromatic nitrogens is 5. The van der Waals surface area contributed by atoms with Crippen molar-refractivity contribution in [2.75, 3.05) is 0 Å². The molecule has 0 fully saturated rings. The Hall–Kier alpha value is -3.16. The minimum absolute atomic E-state index is 0.232. The van der Waals surface area contributed by atoms with Gasteiger partial charge in [-0.2, -0.15) is 0 Å². The highest BCUT2D eigenvalue weighted by Gasteiger charge is 2.25. The second kappa shape index (κ2) is 3.67. The molecule has 2 aromatic heterocycles. The molecule has 0 atom stereocenters. The lowest BCUT2D eigenvalue weighted by Crippen LogP contribution is -2.37. The van der Waals surface area contributed by atoms with E-state index in [0.29, 0.717) is 21.6 Å². The summed E-state index contributed by atoms with van der Waals surface area (Å²) in [7, 11) is 0. The molecule has 0 aliphatic carbocycles. The van der Waals surface area contributed by atoms with Crippen LogP contribution in [0.2, 0.25) is 0 Å². The zero-order valence-electron chi connectivity index (χ0n) is 10.0. The van der Waals surface area contributed by atoms with E-state index in [1.54, 1.807) is 24.3 Å². The number of fused-ring (bicyclic) bond motifs is 3. The van der Waals surface area contributed by atoms with Crippen LogP contribution >= 0.6 is 0 Å². The van der Waals surface area contributed by atoms with Gasteiger partial charge in [-0.25, -0.2) is 0 Å². The van der Waals surface area contributed by atoms with Gasteiger partial charge in [0.15, 0.2) is 0 Å². The number of hydrogen-bond acceptors (Lipinski definition) is 5. The van der Waals surface area contributed by atoms with Crippen molar-refractivity contribution < 1.29 is 14.4 Å². The number of benzene rings is 2. The molecule has 0 unspecified atom stereocenters. The van der Waals surface area contributed by atoms with Crippen LogP contribution in [-0.4, -0.2) is 15.1 Å². The molecule has 8 nitrogen and oxygen atoms in total. The molecule has 8 heteroatoms. The number of hydrogen-bond donors (Lipinski definition) is 0. The molecule has 0 spiro atoms. The van der Waals surface area contributed by atoms with Gasteiger partial charge in [-0.15, -0.1) is 4.85 Å². The molecule has 98 valence electrons. The summed E-state index contributed by atoms with van der Waals surface area (Å²) < 4.78 is 4.53. The highest BCUT2D eigenvalue weighted by Crippen LogP contribution is 2.18. The van der Waals surface area contributed by atoms with Crippen molar-refractivity contribution in [1.29, 1.82) is 0 Å². The van der Waals surface area contributed by atoms with Gasteiger partial charge in [0.1, 0.15) is 5.69 Å². The molecular formula is C12H7N5O3. The molecule has 20 heavy (non-hydrogen) atoms. The van der Waals surface area contributed by atoms with Crippen LogP contribution in [0.5, 0.6) is 0 Å². The van der Waals surface area contributed by atoms with E-state index in [9.17, 15) is 10.4 Å². The van der Waals surface area contributed by atoms with Crippen LogP contribution in [0.15, 0.2) is 47.1 Å². The molecule has 0 aliphatic heterocycles. The SMILES string of the molecule is [O-][n+]1onc2c3nn(-c4ccccc4)[n+]([O-])c3ccc21. The Labute approximate surface area is 111 Å². The number of nitrogens with zero attached hydrogens (tertiary/aromatic N) is 5. The van der Waals surface area contributed by atoms with Gasteiger partial charge in [-0.3, -0.25) is 4.63 Å². The van der Waals surface area contributed by atoms with Gasteiger partial charge in [0, 0.05) is 0 Å². The van der Waals surface area contributed by atoms with E-state index in [2.05, 4.69) is 14.9 Å². The molecular weight excluding hydrogens is 262 g/mol. The van der Waals surface area contributed by atoms with E-state index in [4.69, 9.17) is 0 Å². The van der Waals surface area contributed by atoms with E-state index in [1.165, 1.54) is 16.9 Å². The zero-order chi connectivity index (χ0) is 13.7. The van der Waals surface area contributed by atoms with E-state index in [-0.39, 0.29) is 15.9 Å². The van der Waals surface area contributed by atoms with Crippen molar-refractivity contribution in [3.05, 3.63) is 52.9 Å². The Morgan fingerprint density at radius 2 is 1.70 bits per heavy atom. The van der Waals surface area contributed by atoms with Gasteiger partial charge >= 0.3 is 11.0 Å². The van der Waals surface area contributed by atoms with Crippen LogP contribution in [-0.2, 0) is 0 Å². The van der Waals surface area contributed by atoms with Gasteiger partial charge in [0.25, 0.3) is 0 Å². The van der Waals surface area contributed by atoms with Crippen LogP contribution < -0.4 is 9.75 Å². The van der Waals surface area contributed by atoms with Gasteiger partial charge in [0.05, 0.1) is 10.3 Å². The first-order valence-electron chi connectivity index (χ1n) is 5.82. The number of rotatable bonds is 1. The molecule has 2 aromatic carbocycles. The standard InChI is InChI=1S/C12H7N5O3/c18-16-9-6-7-10-12(14-20-17(10)19)11(9)13-15(16)8-4-2-1-3-5-8/h1-7H. The molecule has 0 radical (unpaired) electrons. The average Bonchev–Trinajstić information content (AvgIpc) is 3.02.